The standard InChI is InChI=1S/C12H22O/c1-3-10-6-5-7-11(8-10)9-12(13)4-2/h5-6,10-13H,3-4,7-9H2,1-2H3/t10-,11?,12?/m0/s1. The van der Waals surface area contributed by atoms with Crippen LogP contribution in [0, 0.1) is 11.8 Å². The van der Waals surface area contributed by atoms with Gasteiger partial charge in [-0.1, -0.05) is 26.0 Å². The van der Waals surface area contributed by atoms with Crippen molar-refractivity contribution in [3.63, 3.8) is 0 Å². The molecule has 0 bridgehead atoms. The minimum atomic E-state index is -0.0750. The van der Waals surface area contributed by atoms with Crippen LogP contribution < -0.4 is 0 Å². The molecule has 0 aromatic rings. The number of allylic oxidation sites excluding steroid dienone is 2. The number of hydrogen-bond acceptors (Lipinski definition) is 1. The first-order valence-electron chi connectivity index (χ1n) is 5.61. The highest BCUT2D eigenvalue weighted by molar-refractivity contribution is 4.95. The van der Waals surface area contributed by atoms with Crippen molar-refractivity contribution < 1.29 is 5.11 Å². The molecule has 0 aromatic carbocycles. The maximum atomic E-state index is 9.55. The van der Waals surface area contributed by atoms with Gasteiger partial charge in [0, 0.05) is 0 Å². The van der Waals surface area contributed by atoms with Crippen molar-refractivity contribution in [2.75, 3.05) is 0 Å². The van der Waals surface area contributed by atoms with E-state index in [4.69, 9.17) is 0 Å². The Kier molecular flexibility index (Phi) is 4.51. The van der Waals surface area contributed by atoms with Crippen molar-refractivity contribution in [2.45, 2.75) is 52.1 Å². The quantitative estimate of drug-likeness (QED) is 0.662. The third kappa shape index (κ3) is 3.51. The van der Waals surface area contributed by atoms with Gasteiger partial charge < -0.3 is 5.11 Å². The molecule has 0 saturated carbocycles. The van der Waals surface area contributed by atoms with Crippen molar-refractivity contribution in [3.8, 4) is 0 Å². The number of hydrogen-bond donors (Lipinski definition) is 1. The molecule has 0 amide bonds. The summed E-state index contributed by atoms with van der Waals surface area (Å²) in [5, 5.41) is 9.55. The van der Waals surface area contributed by atoms with E-state index >= 15 is 0 Å². The minimum Gasteiger partial charge on any atom is -0.393 e. The summed E-state index contributed by atoms with van der Waals surface area (Å²) in [6.45, 7) is 4.30. The van der Waals surface area contributed by atoms with Gasteiger partial charge >= 0.3 is 0 Å². The van der Waals surface area contributed by atoms with Crippen molar-refractivity contribution in [1.29, 1.82) is 0 Å². The highest BCUT2D eigenvalue weighted by Crippen LogP contribution is 2.29. The molecule has 0 fully saturated rings. The van der Waals surface area contributed by atoms with E-state index in [1.165, 1.54) is 19.3 Å². The van der Waals surface area contributed by atoms with E-state index in [-0.39, 0.29) is 6.10 Å². The first-order valence-corrected chi connectivity index (χ1v) is 5.61. The third-order valence-corrected chi connectivity index (χ3v) is 3.11. The maximum absolute atomic E-state index is 9.55. The van der Waals surface area contributed by atoms with Crippen LogP contribution in [-0.2, 0) is 0 Å². The first kappa shape index (κ1) is 10.8. The summed E-state index contributed by atoms with van der Waals surface area (Å²) >= 11 is 0. The highest BCUT2D eigenvalue weighted by atomic mass is 16.3. The van der Waals surface area contributed by atoms with Gasteiger partial charge in [0.25, 0.3) is 0 Å². The van der Waals surface area contributed by atoms with Crippen LogP contribution in [0.2, 0.25) is 0 Å². The Morgan fingerprint density at radius 2 is 2.23 bits per heavy atom. The van der Waals surface area contributed by atoms with Crippen LogP contribution in [-0.4, -0.2) is 11.2 Å². The van der Waals surface area contributed by atoms with Gasteiger partial charge in [0.05, 0.1) is 6.10 Å². The summed E-state index contributed by atoms with van der Waals surface area (Å²) in [4.78, 5) is 0. The van der Waals surface area contributed by atoms with Gasteiger partial charge in [0.1, 0.15) is 0 Å². The fraction of sp³-hybridized carbons (Fsp3) is 0.833. The van der Waals surface area contributed by atoms with E-state index in [0.717, 1.165) is 24.7 Å². The van der Waals surface area contributed by atoms with Crippen LogP contribution >= 0.6 is 0 Å². The van der Waals surface area contributed by atoms with E-state index in [1.807, 2.05) is 0 Å². The lowest BCUT2D eigenvalue weighted by Gasteiger charge is -2.25. The van der Waals surface area contributed by atoms with Gasteiger partial charge in [-0.25, -0.2) is 0 Å². The fourth-order valence-electron chi connectivity index (χ4n) is 2.11. The molecule has 0 aliphatic heterocycles. The van der Waals surface area contributed by atoms with Gasteiger partial charge in [-0.3, -0.25) is 0 Å². The molecule has 0 radical (unpaired) electrons. The summed E-state index contributed by atoms with van der Waals surface area (Å²) in [6.07, 6.45) is 10.2. The number of aliphatic hydroxyl groups excluding tert-OH is 1. The van der Waals surface area contributed by atoms with Gasteiger partial charge in [0.15, 0.2) is 0 Å². The molecule has 76 valence electrons. The van der Waals surface area contributed by atoms with Gasteiger partial charge in [-0.2, -0.15) is 0 Å². The topological polar surface area (TPSA) is 20.2 Å². The van der Waals surface area contributed by atoms with Gasteiger partial charge in [-0.15, -0.1) is 0 Å². The molecule has 13 heavy (non-hydrogen) atoms. The van der Waals surface area contributed by atoms with E-state index in [9.17, 15) is 5.11 Å². The summed E-state index contributed by atoms with van der Waals surface area (Å²) in [5.41, 5.74) is 0. The van der Waals surface area contributed by atoms with Crippen molar-refractivity contribution in [3.05, 3.63) is 12.2 Å². The predicted molar refractivity (Wildman–Crippen MR) is 56.6 cm³/mol. The molecular weight excluding hydrogens is 160 g/mol. The molecule has 1 heteroatoms. The predicted octanol–water partition coefficient (Wildman–Crippen LogP) is 3.14. The summed E-state index contributed by atoms with van der Waals surface area (Å²) < 4.78 is 0. The van der Waals surface area contributed by atoms with Gasteiger partial charge in [0.2, 0.25) is 0 Å². The molecule has 2 unspecified atom stereocenters. The third-order valence-electron chi connectivity index (χ3n) is 3.11. The zero-order valence-electron chi connectivity index (χ0n) is 8.87. The van der Waals surface area contributed by atoms with Crippen LogP contribution in [0.4, 0.5) is 0 Å². The summed E-state index contributed by atoms with van der Waals surface area (Å²) in [6, 6.07) is 0. The Balaban J connectivity index is 2.32. The van der Waals surface area contributed by atoms with Crippen molar-refractivity contribution in [2.24, 2.45) is 11.8 Å². The smallest absolute Gasteiger partial charge is 0.0540 e. The Morgan fingerprint density at radius 3 is 2.85 bits per heavy atom. The average Bonchev–Trinajstić information content (AvgIpc) is 2.18. The summed E-state index contributed by atoms with van der Waals surface area (Å²) in [5.74, 6) is 1.49. The molecule has 0 saturated heterocycles. The Hall–Kier alpha value is -0.300. The molecule has 0 spiro atoms. The molecule has 1 rings (SSSR count). The molecule has 3 atom stereocenters. The van der Waals surface area contributed by atoms with E-state index < -0.39 is 0 Å². The van der Waals surface area contributed by atoms with Crippen LogP contribution in [0.15, 0.2) is 12.2 Å². The van der Waals surface area contributed by atoms with Gasteiger partial charge in [-0.05, 0) is 43.9 Å². The molecule has 0 heterocycles. The molecule has 1 aliphatic carbocycles. The monoisotopic (exact) mass is 182 g/mol. The zero-order chi connectivity index (χ0) is 9.68. The van der Waals surface area contributed by atoms with E-state index in [1.54, 1.807) is 0 Å². The molecular formula is C12H22O. The highest BCUT2D eigenvalue weighted by Gasteiger charge is 2.18. The van der Waals surface area contributed by atoms with Crippen LogP contribution in [0.25, 0.3) is 0 Å². The molecule has 1 nitrogen and oxygen atoms in total. The second-order valence-corrected chi connectivity index (χ2v) is 4.23. The van der Waals surface area contributed by atoms with E-state index in [2.05, 4.69) is 26.0 Å². The Bertz CT molecular complexity index is 163. The lowest BCUT2D eigenvalue weighted by atomic mass is 9.82. The second-order valence-electron chi connectivity index (χ2n) is 4.23. The summed E-state index contributed by atoms with van der Waals surface area (Å²) in [7, 11) is 0. The number of rotatable bonds is 4. The zero-order valence-corrected chi connectivity index (χ0v) is 8.87. The van der Waals surface area contributed by atoms with Crippen molar-refractivity contribution >= 4 is 0 Å². The normalized spacial score (nSPS) is 30.4. The Labute approximate surface area is 81.9 Å². The second kappa shape index (κ2) is 5.43. The molecule has 0 aromatic heterocycles. The average molecular weight is 182 g/mol. The fourth-order valence-corrected chi connectivity index (χ4v) is 2.11. The maximum Gasteiger partial charge on any atom is 0.0540 e. The lowest BCUT2D eigenvalue weighted by molar-refractivity contribution is 0.131. The molecule has 1 aliphatic rings. The van der Waals surface area contributed by atoms with Crippen LogP contribution in [0.1, 0.15) is 46.0 Å². The lowest BCUT2D eigenvalue weighted by Crippen LogP contribution is -2.17. The molecule has 1 N–H and O–H groups in total. The van der Waals surface area contributed by atoms with Crippen molar-refractivity contribution in [1.82, 2.24) is 0 Å². The Morgan fingerprint density at radius 1 is 1.46 bits per heavy atom. The minimum absolute atomic E-state index is 0.0750. The number of aliphatic hydroxyl groups is 1. The SMILES string of the molecule is CCC(O)CC1CC=C[C@H](CC)C1. The first-order chi connectivity index (χ1) is 6.26. The van der Waals surface area contributed by atoms with Crippen LogP contribution in [0.5, 0.6) is 0 Å². The largest absolute Gasteiger partial charge is 0.393 e. The van der Waals surface area contributed by atoms with E-state index in [0.29, 0.717) is 0 Å². The van der Waals surface area contributed by atoms with Crippen LogP contribution in [0.3, 0.4) is 0 Å².